The standard InChI is InChI=1S/C12H24O3S/c1-9(2)15-10(13)11(3,4)8-14-12(5,6)16-7/h9H,8H2,1-7H3. The van der Waals surface area contributed by atoms with Crippen LogP contribution in [-0.4, -0.2) is 29.9 Å². The van der Waals surface area contributed by atoms with E-state index in [1.54, 1.807) is 11.8 Å². The third-order valence-electron chi connectivity index (χ3n) is 2.17. The van der Waals surface area contributed by atoms with Crippen molar-refractivity contribution in [2.45, 2.75) is 52.6 Å². The molecule has 0 aliphatic carbocycles. The van der Waals surface area contributed by atoms with E-state index in [4.69, 9.17) is 9.47 Å². The Morgan fingerprint density at radius 2 is 1.75 bits per heavy atom. The van der Waals surface area contributed by atoms with Gasteiger partial charge in [-0.25, -0.2) is 0 Å². The predicted molar refractivity (Wildman–Crippen MR) is 68.6 cm³/mol. The van der Waals surface area contributed by atoms with Crippen LogP contribution in [0.1, 0.15) is 41.5 Å². The molecule has 0 fully saturated rings. The zero-order valence-electron chi connectivity index (χ0n) is 11.4. The fourth-order valence-electron chi connectivity index (χ4n) is 0.846. The van der Waals surface area contributed by atoms with Gasteiger partial charge in [-0.2, -0.15) is 0 Å². The number of carbonyl (C=O) groups excluding carboxylic acids is 1. The summed E-state index contributed by atoms with van der Waals surface area (Å²) < 4.78 is 10.9. The maximum Gasteiger partial charge on any atom is 0.314 e. The van der Waals surface area contributed by atoms with E-state index >= 15 is 0 Å². The summed E-state index contributed by atoms with van der Waals surface area (Å²) in [4.78, 5) is 11.5. The van der Waals surface area contributed by atoms with Crippen LogP contribution in [0.4, 0.5) is 0 Å². The first kappa shape index (κ1) is 15.8. The first-order chi connectivity index (χ1) is 7.10. The molecule has 0 atom stereocenters. The summed E-state index contributed by atoms with van der Waals surface area (Å²) in [6.07, 6.45) is 1.90. The van der Waals surface area contributed by atoms with Crippen LogP contribution in [0.25, 0.3) is 0 Å². The minimum Gasteiger partial charge on any atom is -0.462 e. The first-order valence-corrected chi connectivity index (χ1v) is 6.73. The van der Waals surface area contributed by atoms with Crippen molar-refractivity contribution in [3.63, 3.8) is 0 Å². The van der Waals surface area contributed by atoms with Gasteiger partial charge in [-0.3, -0.25) is 4.79 Å². The van der Waals surface area contributed by atoms with Crippen molar-refractivity contribution in [2.24, 2.45) is 5.41 Å². The summed E-state index contributed by atoms with van der Waals surface area (Å²) in [5, 5.41) is 0. The predicted octanol–water partition coefficient (Wildman–Crippen LogP) is 3.08. The molecule has 0 amide bonds. The molecule has 96 valence electrons. The van der Waals surface area contributed by atoms with Gasteiger partial charge in [0.05, 0.1) is 18.1 Å². The fourth-order valence-corrected chi connectivity index (χ4v) is 1.02. The molecule has 16 heavy (non-hydrogen) atoms. The highest BCUT2D eigenvalue weighted by Gasteiger charge is 2.32. The number of rotatable bonds is 6. The van der Waals surface area contributed by atoms with Crippen molar-refractivity contribution in [1.82, 2.24) is 0 Å². The smallest absolute Gasteiger partial charge is 0.314 e. The highest BCUT2D eigenvalue weighted by atomic mass is 32.2. The lowest BCUT2D eigenvalue weighted by Gasteiger charge is -2.29. The van der Waals surface area contributed by atoms with Gasteiger partial charge in [0, 0.05) is 0 Å². The summed E-state index contributed by atoms with van der Waals surface area (Å²) in [6.45, 7) is 11.7. The minimum atomic E-state index is -0.600. The molecule has 3 nitrogen and oxygen atoms in total. The SMILES string of the molecule is CSC(C)(C)OCC(C)(C)C(=O)OC(C)C. The fraction of sp³-hybridized carbons (Fsp3) is 0.917. The van der Waals surface area contributed by atoms with E-state index in [9.17, 15) is 4.79 Å². The Morgan fingerprint density at radius 1 is 1.25 bits per heavy atom. The topological polar surface area (TPSA) is 35.5 Å². The van der Waals surface area contributed by atoms with Gasteiger partial charge < -0.3 is 9.47 Å². The largest absolute Gasteiger partial charge is 0.462 e. The molecule has 0 unspecified atom stereocenters. The van der Waals surface area contributed by atoms with Crippen LogP contribution in [0.3, 0.4) is 0 Å². The van der Waals surface area contributed by atoms with Gasteiger partial charge >= 0.3 is 5.97 Å². The van der Waals surface area contributed by atoms with E-state index in [1.165, 1.54) is 0 Å². The van der Waals surface area contributed by atoms with Gasteiger partial charge in [-0.15, -0.1) is 11.8 Å². The number of carbonyl (C=O) groups is 1. The monoisotopic (exact) mass is 248 g/mol. The number of hydrogen-bond donors (Lipinski definition) is 0. The lowest BCUT2D eigenvalue weighted by molar-refractivity contribution is -0.162. The second-order valence-corrected chi connectivity index (χ2v) is 6.62. The number of esters is 1. The van der Waals surface area contributed by atoms with Crippen LogP contribution >= 0.6 is 11.8 Å². The highest BCUT2D eigenvalue weighted by molar-refractivity contribution is 7.99. The summed E-state index contributed by atoms with van der Waals surface area (Å²) in [7, 11) is 0. The van der Waals surface area contributed by atoms with Crippen LogP contribution in [-0.2, 0) is 14.3 Å². The second-order valence-electron chi connectivity index (χ2n) is 5.23. The van der Waals surface area contributed by atoms with E-state index in [2.05, 4.69) is 0 Å². The molecular weight excluding hydrogens is 224 g/mol. The van der Waals surface area contributed by atoms with Crippen LogP contribution in [0.15, 0.2) is 0 Å². The molecule has 0 spiro atoms. The lowest BCUT2D eigenvalue weighted by Crippen LogP contribution is -2.36. The quantitative estimate of drug-likeness (QED) is 0.534. The maximum absolute atomic E-state index is 11.8. The Kier molecular flexibility index (Phi) is 5.84. The molecule has 4 heteroatoms. The Labute approximate surface area is 103 Å². The van der Waals surface area contributed by atoms with E-state index in [0.717, 1.165) is 0 Å². The highest BCUT2D eigenvalue weighted by Crippen LogP contribution is 2.27. The lowest BCUT2D eigenvalue weighted by atomic mass is 9.95. The van der Waals surface area contributed by atoms with E-state index < -0.39 is 5.41 Å². The van der Waals surface area contributed by atoms with Gasteiger partial charge in [-0.1, -0.05) is 0 Å². The summed E-state index contributed by atoms with van der Waals surface area (Å²) >= 11 is 1.62. The Bertz CT molecular complexity index is 234. The molecule has 0 aliphatic rings. The molecule has 0 rings (SSSR count). The summed E-state index contributed by atoms with van der Waals surface area (Å²) in [5.74, 6) is -0.209. The first-order valence-electron chi connectivity index (χ1n) is 5.51. The third-order valence-corrected chi connectivity index (χ3v) is 3.27. The molecule has 0 saturated heterocycles. The molecule has 0 N–H and O–H groups in total. The van der Waals surface area contributed by atoms with Crippen LogP contribution in [0, 0.1) is 5.41 Å². The minimum absolute atomic E-state index is 0.0830. The van der Waals surface area contributed by atoms with Gasteiger partial charge in [-0.05, 0) is 47.8 Å². The molecule has 0 aliphatic heterocycles. The molecule has 0 saturated carbocycles. The number of thioether (sulfide) groups is 1. The molecule has 0 bridgehead atoms. The zero-order valence-corrected chi connectivity index (χ0v) is 12.2. The van der Waals surface area contributed by atoms with Crippen molar-refractivity contribution in [1.29, 1.82) is 0 Å². The van der Waals surface area contributed by atoms with Crippen molar-refractivity contribution in [3.05, 3.63) is 0 Å². The average molecular weight is 248 g/mol. The Balaban J connectivity index is 4.29. The molecule has 0 heterocycles. The van der Waals surface area contributed by atoms with Crippen LogP contribution in [0.2, 0.25) is 0 Å². The molecule has 0 aromatic rings. The van der Waals surface area contributed by atoms with E-state index in [-0.39, 0.29) is 17.0 Å². The van der Waals surface area contributed by atoms with Crippen molar-refractivity contribution < 1.29 is 14.3 Å². The Hall–Kier alpha value is -0.220. The second kappa shape index (κ2) is 5.92. The van der Waals surface area contributed by atoms with Gasteiger partial charge in [0.25, 0.3) is 0 Å². The van der Waals surface area contributed by atoms with Crippen molar-refractivity contribution in [3.8, 4) is 0 Å². The van der Waals surface area contributed by atoms with Gasteiger partial charge in [0.2, 0.25) is 0 Å². The number of ether oxygens (including phenoxy) is 2. The van der Waals surface area contributed by atoms with E-state index in [0.29, 0.717) is 6.61 Å². The normalized spacial score (nSPS) is 13.0. The maximum atomic E-state index is 11.8. The molecular formula is C12H24O3S. The number of hydrogen-bond acceptors (Lipinski definition) is 4. The molecule has 0 aromatic carbocycles. The third kappa shape index (κ3) is 5.75. The summed E-state index contributed by atoms with van der Waals surface area (Å²) in [5.41, 5.74) is -0.600. The zero-order chi connectivity index (χ0) is 13.0. The van der Waals surface area contributed by atoms with Gasteiger partial charge in [0.15, 0.2) is 0 Å². The van der Waals surface area contributed by atoms with Crippen LogP contribution in [0.5, 0.6) is 0 Å². The average Bonchev–Trinajstić information content (AvgIpc) is 2.14. The Morgan fingerprint density at radius 3 is 2.12 bits per heavy atom. The molecule has 0 aromatic heterocycles. The van der Waals surface area contributed by atoms with Gasteiger partial charge in [0.1, 0.15) is 4.93 Å². The van der Waals surface area contributed by atoms with Crippen LogP contribution < -0.4 is 0 Å². The van der Waals surface area contributed by atoms with E-state index in [1.807, 2.05) is 47.8 Å². The van der Waals surface area contributed by atoms with Crippen molar-refractivity contribution in [2.75, 3.05) is 12.9 Å². The van der Waals surface area contributed by atoms with Crippen molar-refractivity contribution >= 4 is 17.7 Å². The summed E-state index contributed by atoms with van der Waals surface area (Å²) in [6, 6.07) is 0. The molecule has 0 radical (unpaired) electrons.